The van der Waals surface area contributed by atoms with Crippen molar-refractivity contribution in [2.24, 2.45) is 0 Å². The van der Waals surface area contributed by atoms with Crippen LogP contribution in [0, 0.1) is 0 Å². The second kappa shape index (κ2) is 9.71. The Labute approximate surface area is 280 Å². The zero-order valence-electron chi connectivity index (χ0n) is 25.2. The fourth-order valence-corrected chi connectivity index (χ4v) is 10.7. The van der Waals surface area contributed by atoms with Crippen LogP contribution in [-0.2, 0) is 0 Å². The lowest BCUT2D eigenvalue weighted by Crippen LogP contribution is -2.58. The second-order valence-corrected chi connectivity index (χ2v) is 14.5. The highest BCUT2D eigenvalue weighted by Crippen LogP contribution is 2.47. The van der Waals surface area contributed by atoms with Crippen molar-refractivity contribution in [1.82, 2.24) is 9.13 Å². The molecule has 0 saturated carbocycles. The lowest BCUT2D eigenvalue weighted by atomic mass is 9.36. The average molecular weight is 633 g/mol. The Morgan fingerprint density at radius 3 is 1.13 bits per heavy atom. The lowest BCUT2D eigenvalue weighted by molar-refractivity contribution is 1.07. The molecule has 0 aliphatic carbocycles. The summed E-state index contributed by atoms with van der Waals surface area (Å²) >= 11 is 3.87. The SMILES string of the molecule is c1ccc2c(c1)Sc1c(-n3c4ccccc4c4ccccc43)cc(-n3c4ccccc4c4ccccc43)c3c1B2c1ccccc1S3. The Morgan fingerprint density at radius 1 is 0.383 bits per heavy atom. The molecule has 0 atom stereocenters. The number of aromatic nitrogens is 2. The minimum atomic E-state index is 0.148. The summed E-state index contributed by atoms with van der Waals surface area (Å²) in [5, 5.41) is 5.13. The summed E-state index contributed by atoms with van der Waals surface area (Å²) in [7, 11) is 0. The van der Waals surface area contributed by atoms with Gasteiger partial charge in [-0.15, -0.1) is 0 Å². The van der Waals surface area contributed by atoms with Crippen molar-refractivity contribution in [3.63, 3.8) is 0 Å². The van der Waals surface area contributed by atoms with Gasteiger partial charge in [-0.1, -0.05) is 144 Å². The zero-order chi connectivity index (χ0) is 30.6. The van der Waals surface area contributed by atoms with E-state index in [0.29, 0.717) is 0 Å². The minimum Gasteiger partial charge on any atom is -0.308 e. The quantitative estimate of drug-likeness (QED) is 0.176. The standard InChI is InChI=1S/C42H25BN2S2/c1-7-19-32-26(13-1)27-14-2-8-20-33(27)44(32)36-25-37(45-34-21-9-3-15-28(34)29-16-4-10-22-35(29)45)42-40-41(36)46-38-23-11-5-17-30(38)43(40)31-18-6-12-24-39(31)47-42/h1-25H. The number of fused-ring (bicyclic) bond motifs is 10. The topological polar surface area (TPSA) is 9.86 Å². The molecule has 7 aromatic carbocycles. The predicted octanol–water partition coefficient (Wildman–Crippen LogP) is 9.33. The molecule has 0 radical (unpaired) electrons. The summed E-state index contributed by atoms with van der Waals surface area (Å²) < 4.78 is 5.06. The summed E-state index contributed by atoms with van der Waals surface area (Å²) in [5.41, 5.74) is 11.6. The van der Waals surface area contributed by atoms with Crippen molar-refractivity contribution >= 4 is 90.2 Å². The van der Waals surface area contributed by atoms with Crippen molar-refractivity contribution in [2.75, 3.05) is 0 Å². The van der Waals surface area contributed by atoms with Crippen LogP contribution in [0.15, 0.2) is 171 Å². The van der Waals surface area contributed by atoms with E-state index in [4.69, 9.17) is 0 Å². The zero-order valence-corrected chi connectivity index (χ0v) is 26.9. The first kappa shape index (κ1) is 26.0. The van der Waals surface area contributed by atoms with Crippen LogP contribution in [0.2, 0.25) is 0 Å². The molecule has 0 fully saturated rings. The first-order chi connectivity index (χ1) is 23.3. The molecule has 2 aliphatic heterocycles. The fourth-order valence-electron chi connectivity index (χ4n) is 8.14. The van der Waals surface area contributed by atoms with Crippen LogP contribution in [0.4, 0.5) is 0 Å². The lowest BCUT2D eigenvalue weighted by Gasteiger charge is -2.35. The summed E-state index contributed by atoms with van der Waals surface area (Å²) in [6.07, 6.45) is 0. The first-order valence-corrected chi connectivity index (χ1v) is 17.7. The average Bonchev–Trinajstić information content (AvgIpc) is 3.65. The van der Waals surface area contributed by atoms with Crippen LogP contribution in [0.3, 0.4) is 0 Å². The van der Waals surface area contributed by atoms with Gasteiger partial charge in [-0.25, -0.2) is 0 Å². The minimum absolute atomic E-state index is 0.148. The highest BCUT2D eigenvalue weighted by Gasteiger charge is 2.41. The largest absolute Gasteiger partial charge is 0.308 e. The van der Waals surface area contributed by atoms with Crippen LogP contribution < -0.4 is 16.4 Å². The molecule has 47 heavy (non-hydrogen) atoms. The van der Waals surface area contributed by atoms with Crippen LogP contribution in [0.25, 0.3) is 55.0 Å². The van der Waals surface area contributed by atoms with Crippen molar-refractivity contribution in [2.45, 2.75) is 19.6 Å². The molecule has 9 aromatic rings. The van der Waals surface area contributed by atoms with Crippen molar-refractivity contribution in [3.8, 4) is 11.4 Å². The molecular formula is C42H25BN2S2. The van der Waals surface area contributed by atoms with Crippen LogP contribution in [0.5, 0.6) is 0 Å². The molecule has 0 bridgehead atoms. The Bertz CT molecular complexity index is 2480. The summed E-state index contributed by atoms with van der Waals surface area (Å²) in [4.78, 5) is 5.37. The van der Waals surface area contributed by atoms with Gasteiger partial charge >= 0.3 is 0 Å². The molecule has 0 amide bonds. The van der Waals surface area contributed by atoms with E-state index in [-0.39, 0.29) is 6.71 Å². The summed E-state index contributed by atoms with van der Waals surface area (Å²) in [6.45, 7) is 0.148. The van der Waals surface area contributed by atoms with Gasteiger partial charge in [0.25, 0.3) is 0 Å². The first-order valence-electron chi connectivity index (χ1n) is 16.1. The van der Waals surface area contributed by atoms with E-state index < -0.39 is 0 Å². The summed E-state index contributed by atoms with van der Waals surface area (Å²) in [6, 6.07) is 56.1. The Hall–Kier alpha value is -5.10. The van der Waals surface area contributed by atoms with Gasteiger partial charge in [0.1, 0.15) is 0 Å². The molecule has 11 rings (SSSR count). The Kier molecular flexibility index (Phi) is 5.38. The molecule has 218 valence electrons. The number of para-hydroxylation sites is 4. The summed E-state index contributed by atoms with van der Waals surface area (Å²) in [5.74, 6) is 0. The van der Waals surface area contributed by atoms with Crippen molar-refractivity contribution in [1.29, 1.82) is 0 Å². The molecular weight excluding hydrogens is 607 g/mol. The van der Waals surface area contributed by atoms with Crippen molar-refractivity contribution in [3.05, 3.63) is 152 Å². The van der Waals surface area contributed by atoms with E-state index in [1.165, 1.54) is 91.0 Å². The number of benzene rings is 7. The van der Waals surface area contributed by atoms with E-state index in [2.05, 4.69) is 161 Å². The molecule has 0 spiro atoms. The molecule has 0 unspecified atom stereocenters. The molecule has 4 heterocycles. The fraction of sp³-hybridized carbons (Fsp3) is 0. The number of hydrogen-bond acceptors (Lipinski definition) is 2. The van der Waals surface area contributed by atoms with Crippen LogP contribution >= 0.6 is 23.5 Å². The van der Waals surface area contributed by atoms with E-state index in [1.807, 2.05) is 23.5 Å². The monoisotopic (exact) mass is 632 g/mol. The van der Waals surface area contributed by atoms with E-state index >= 15 is 0 Å². The maximum atomic E-state index is 2.53. The molecule has 2 aliphatic rings. The van der Waals surface area contributed by atoms with Gasteiger partial charge < -0.3 is 9.13 Å². The van der Waals surface area contributed by atoms with E-state index in [9.17, 15) is 0 Å². The van der Waals surface area contributed by atoms with Crippen LogP contribution in [-0.4, -0.2) is 15.8 Å². The van der Waals surface area contributed by atoms with E-state index in [1.54, 1.807) is 0 Å². The third-order valence-electron chi connectivity index (χ3n) is 10.0. The molecule has 0 N–H and O–H groups in total. The molecule has 5 heteroatoms. The third-order valence-corrected chi connectivity index (χ3v) is 12.5. The normalized spacial score (nSPS) is 13.3. The van der Waals surface area contributed by atoms with Crippen molar-refractivity contribution < 1.29 is 0 Å². The van der Waals surface area contributed by atoms with Gasteiger partial charge in [-0.3, -0.25) is 0 Å². The number of hydrogen-bond donors (Lipinski definition) is 0. The van der Waals surface area contributed by atoms with Gasteiger partial charge in [-0.2, -0.15) is 0 Å². The van der Waals surface area contributed by atoms with Gasteiger partial charge in [0.2, 0.25) is 6.71 Å². The highest BCUT2D eigenvalue weighted by atomic mass is 32.2. The number of rotatable bonds is 2. The van der Waals surface area contributed by atoms with Gasteiger partial charge in [0, 0.05) is 41.1 Å². The number of nitrogens with zero attached hydrogens (tertiary/aromatic N) is 2. The maximum Gasteiger partial charge on any atom is 0.247 e. The maximum absolute atomic E-state index is 2.53. The smallest absolute Gasteiger partial charge is 0.247 e. The van der Waals surface area contributed by atoms with Crippen LogP contribution in [0.1, 0.15) is 0 Å². The van der Waals surface area contributed by atoms with E-state index in [0.717, 1.165) is 0 Å². The molecule has 2 nitrogen and oxygen atoms in total. The Balaban J connectivity index is 1.36. The molecule has 2 aromatic heterocycles. The molecule has 0 saturated heterocycles. The van der Waals surface area contributed by atoms with Gasteiger partial charge in [0.05, 0.1) is 33.4 Å². The third kappa shape index (κ3) is 3.51. The Morgan fingerprint density at radius 2 is 0.723 bits per heavy atom. The van der Waals surface area contributed by atoms with Gasteiger partial charge in [-0.05, 0) is 47.9 Å². The highest BCUT2D eigenvalue weighted by molar-refractivity contribution is 8.01. The second-order valence-electron chi connectivity index (χ2n) is 12.4. The van der Waals surface area contributed by atoms with Gasteiger partial charge in [0.15, 0.2) is 0 Å². The predicted molar refractivity (Wildman–Crippen MR) is 201 cm³/mol.